The molecular weight excluding hydrogens is 198 g/mol. The largest absolute Gasteiger partial charge is 0.481 e. The van der Waals surface area contributed by atoms with Gasteiger partial charge in [0, 0.05) is 6.42 Å². The Balaban J connectivity index is 2.64. The summed E-state index contributed by atoms with van der Waals surface area (Å²) in [5.41, 5.74) is 1.30. The van der Waals surface area contributed by atoms with Crippen LogP contribution in [0.25, 0.3) is 0 Å². The number of carbonyl (C=O) groups is 2. The van der Waals surface area contributed by atoms with Gasteiger partial charge in [-0.25, -0.2) is 5.48 Å². The topological polar surface area (TPSA) is 75.6 Å². The van der Waals surface area contributed by atoms with Gasteiger partial charge in [-0.3, -0.25) is 14.4 Å². The molecule has 0 unspecified atom stereocenters. The molecule has 0 aromatic carbocycles. The van der Waals surface area contributed by atoms with Crippen LogP contribution in [0.1, 0.15) is 38.5 Å². The van der Waals surface area contributed by atoms with Gasteiger partial charge in [-0.15, -0.1) is 0 Å². The summed E-state index contributed by atoms with van der Waals surface area (Å²) in [7, 11) is 1.34. The van der Waals surface area contributed by atoms with Crippen molar-refractivity contribution in [3.8, 4) is 0 Å². The van der Waals surface area contributed by atoms with Crippen LogP contribution >= 0.6 is 0 Å². The highest BCUT2D eigenvalue weighted by molar-refractivity contribution is 5.84. The molecule has 15 heavy (non-hydrogen) atoms. The van der Waals surface area contributed by atoms with Gasteiger partial charge < -0.3 is 5.11 Å². The van der Waals surface area contributed by atoms with Crippen molar-refractivity contribution in [2.24, 2.45) is 5.41 Å². The minimum Gasteiger partial charge on any atom is -0.481 e. The molecule has 2 N–H and O–H groups in total. The van der Waals surface area contributed by atoms with Gasteiger partial charge in [-0.2, -0.15) is 0 Å². The number of rotatable bonds is 4. The lowest BCUT2D eigenvalue weighted by molar-refractivity contribution is -0.155. The highest BCUT2D eigenvalue weighted by atomic mass is 16.6. The second-order valence-corrected chi connectivity index (χ2v) is 4.05. The van der Waals surface area contributed by atoms with Gasteiger partial charge in [-0.1, -0.05) is 19.3 Å². The SMILES string of the molecule is CONC(=O)CC1(C(=O)O)CCCCC1. The number of hydroxylamine groups is 1. The predicted octanol–water partition coefficient (Wildman–Crippen LogP) is 1.09. The molecule has 0 radical (unpaired) electrons. The Bertz CT molecular complexity index is 246. The molecule has 0 aliphatic heterocycles. The summed E-state index contributed by atoms with van der Waals surface area (Å²) in [5.74, 6) is -1.23. The fourth-order valence-corrected chi connectivity index (χ4v) is 2.15. The molecule has 5 heteroatoms. The zero-order valence-corrected chi connectivity index (χ0v) is 8.91. The van der Waals surface area contributed by atoms with Gasteiger partial charge in [-0.05, 0) is 12.8 Å². The van der Waals surface area contributed by atoms with Crippen molar-refractivity contribution in [2.45, 2.75) is 38.5 Å². The molecule has 0 aromatic heterocycles. The molecule has 0 aromatic rings. The van der Waals surface area contributed by atoms with E-state index in [-0.39, 0.29) is 12.3 Å². The summed E-state index contributed by atoms with van der Waals surface area (Å²) in [6, 6.07) is 0. The molecule has 1 rings (SSSR count). The smallest absolute Gasteiger partial charge is 0.310 e. The summed E-state index contributed by atoms with van der Waals surface area (Å²) in [6.45, 7) is 0. The van der Waals surface area contributed by atoms with Gasteiger partial charge >= 0.3 is 5.97 Å². The Morgan fingerprint density at radius 1 is 1.33 bits per heavy atom. The lowest BCUT2D eigenvalue weighted by atomic mass is 9.72. The first-order chi connectivity index (χ1) is 7.10. The van der Waals surface area contributed by atoms with Gasteiger partial charge in [0.25, 0.3) is 0 Å². The van der Waals surface area contributed by atoms with Crippen LogP contribution in [0.3, 0.4) is 0 Å². The molecule has 1 fully saturated rings. The van der Waals surface area contributed by atoms with Crippen LogP contribution in [0.5, 0.6) is 0 Å². The molecule has 1 saturated carbocycles. The minimum atomic E-state index is -0.874. The first-order valence-electron chi connectivity index (χ1n) is 5.16. The number of hydrogen-bond donors (Lipinski definition) is 2. The van der Waals surface area contributed by atoms with E-state index < -0.39 is 11.4 Å². The highest BCUT2D eigenvalue weighted by Crippen LogP contribution is 2.39. The molecule has 1 amide bonds. The van der Waals surface area contributed by atoms with Crippen LogP contribution in [0.4, 0.5) is 0 Å². The van der Waals surface area contributed by atoms with Gasteiger partial charge in [0.2, 0.25) is 5.91 Å². The normalized spacial score (nSPS) is 19.5. The van der Waals surface area contributed by atoms with Crippen LogP contribution in [0, 0.1) is 5.41 Å². The third-order valence-electron chi connectivity index (χ3n) is 2.98. The Labute approximate surface area is 88.8 Å². The highest BCUT2D eigenvalue weighted by Gasteiger charge is 2.41. The lowest BCUT2D eigenvalue weighted by Gasteiger charge is -2.32. The van der Waals surface area contributed by atoms with E-state index in [4.69, 9.17) is 0 Å². The van der Waals surface area contributed by atoms with Crippen LogP contribution in [-0.2, 0) is 14.4 Å². The fraction of sp³-hybridized carbons (Fsp3) is 0.800. The summed E-state index contributed by atoms with van der Waals surface area (Å²) < 4.78 is 0. The van der Waals surface area contributed by atoms with Gasteiger partial charge in [0.1, 0.15) is 0 Å². The zero-order valence-electron chi connectivity index (χ0n) is 8.91. The third-order valence-corrected chi connectivity index (χ3v) is 2.98. The average Bonchev–Trinajstić information content (AvgIpc) is 2.19. The van der Waals surface area contributed by atoms with Crippen molar-refractivity contribution in [1.82, 2.24) is 5.48 Å². The Morgan fingerprint density at radius 2 is 1.93 bits per heavy atom. The zero-order chi connectivity index (χ0) is 11.3. The average molecular weight is 215 g/mol. The Hall–Kier alpha value is -1.10. The van der Waals surface area contributed by atoms with Crippen molar-refractivity contribution in [3.05, 3.63) is 0 Å². The predicted molar refractivity (Wildman–Crippen MR) is 52.9 cm³/mol. The van der Waals surface area contributed by atoms with Gasteiger partial charge in [0.15, 0.2) is 0 Å². The van der Waals surface area contributed by atoms with Crippen molar-refractivity contribution >= 4 is 11.9 Å². The van der Waals surface area contributed by atoms with E-state index in [2.05, 4.69) is 10.3 Å². The number of amides is 1. The second kappa shape index (κ2) is 5.11. The Kier molecular flexibility index (Phi) is 4.08. The first-order valence-corrected chi connectivity index (χ1v) is 5.16. The van der Waals surface area contributed by atoms with E-state index in [0.29, 0.717) is 12.8 Å². The van der Waals surface area contributed by atoms with Crippen LogP contribution in [-0.4, -0.2) is 24.1 Å². The Morgan fingerprint density at radius 3 is 2.40 bits per heavy atom. The molecule has 0 heterocycles. The maximum Gasteiger partial charge on any atom is 0.310 e. The lowest BCUT2D eigenvalue weighted by Crippen LogP contribution is -2.38. The maximum atomic E-state index is 11.3. The second-order valence-electron chi connectivity index (χ2n) is 4.05. The number of carboxylic acid groups (broad SMARTS) is 1. The molecule has 0 spiro atoms. The third kappa shape index (κ3) is 2.92. The van der Waals surface area contributed by atoms with Crippen molar-refractivity contribution in [1.29, 1.82) is 0 Å². The van der Waals surface area contributed by atoms with Crippen molar-refractivity contribution < 1.29 is 19.5 Å². The van der Waals surface area contributed by atoms with E-state index in [1.165, 1.54) is 7.11 Å². The van der Waals surface area contributed by atoms with E-state index in [1.807, 2.05) is 0 Å². The first kappa shape index (κ1) is 12.0. The fourth-order valence-electron chi connectivity index (χ4n) is 2.15. The number of carboxylic acids is 1. The molecule has 0 bridgehead atoms. The molecule has 0 atom stereocenters. The standard InChI is InChI=1S/C10H17NO4/c1-15-11-8(12)7-10(9(13)14)5-3-2-4-6-10/h2-7H2,1H3,(H,11,12)(H,13,14). The number of hydrogen-bond acceptors (Lipinski definition) is 3. The van der Waals surface area contributed by atoms with Gasteiger partial charge in [0.05, 0.1) is 12.5 Å². The van der Waals surface area contributed by atoms with E-state index in [1.54, 1.807) is 0 Å². The van der Waals surface area contributed by atoms with Crippen molar-refractivity contribution in [3.63, 3.8) is 0 Å². The summed E-state index contributed by atoms with van der Waals surface area (Å²) >= 11 is 0. The van der Waals surface area contributed by atoms with Crippen LogP contribution in [0.2, 0.25) is 0 Å². The van der Waals surface area contributed by atoms with Crippen LogP contribution < -0.4 is 5.48 Å². The quantitative estimate of drug-likeness (QED) is 0.688. The summed E-state index contributed by atoms with van der Waals surface area (Å²) in [6.07, 6.45) is 4.00. The molecule has 86 valence electrons. The maximum absolute atomic E-state index is 11.3. The van der Waals surface area contributed by atoms with Crippen LogP contribution in [0.15, 0.2) is 0 Å². The summed E-state index contributed by atoms with van der Waals surface area (Å²) in [4.78, 5) is 27.0. The minimum absolute atomic E-state index is 0.0101. The summed E-state index contributed by atoms with van der Waals surface area (Å²) in [5, 5.41) is 9.19. The molecular formula is C10H17NO4. The van der Waals surface area contributed by atoms with E-state index >= 15 is 0 Å². The van der Waals surface area contributed by atoms with E-state index in [9.17, 15) is 14.7 Å². The molecule has 5 nitrogen and oxygen atoms in total. The molecule has 1 aliphatic carbocycles. The number of nitrogens with one attached hydrogen (secondary N) is 1. The number of carbonyl (C=O) groups excluding carboxylic acids is 1. The van der Waals surface area contributed by atoms with Crippen molar-refractivity contribution in [2.75, 3.05) is 7.11 Å². The molecule has 0 saturated heterocycles. The van der Waals surface area contributed by atoms with E-state index in [0.717, 1.165) is 19.3 Å². The monoisotopic (exact) mass is 215 g/mol. The number of aliphatic carboxylic acids is 1. The molecule has 1 aliphatic rings.